The molecule has 1 aliphatic heterocycles. The van der Waals surface area contributed by atoms with Gasteiger partial charge in [-0.25, -0.2) is 4.79 Å². The second kappa shape index (κ2) is 7.46. The molecular weight excluding hydrogens is 208 g/mol. The van der Waals surface area contributed by atoms with Gasteiger partial charge in [-0.1, -0.05) is 0 Å². The first-order valence-corrected chi connectivity index (χ1v) is 5.92. The predicted octanol–water partition coefficient (Wildman–Crippen LogP) is 0.843. The highest BCUT2D eigenvalue weighted by molar-refractivity contribution is 5.74. The summed E-state index contributed by atoms with van der Waals surface area (Å²) in [7, 11) is 0. The van der Waals surface area contributed by atoms with Crippen molar-refractivity contribution >= 4 is 6.03 Å². The number of rotatable bonds is 5. The van der Waals surface area contributed by atoms with Crippen LogP contribution in [0.5, 0.6) is 0 Å². The molecule has 0 aliphatic carbocycles. The Hall–Kier alpha value is -0.810. The zero-order chi connectivity index (χ0) is 11.8. The lowest BCUT2D eigenvalue weighted by molar-refractivity contribution is 0.0524. The van der Waals surface area contributed by atoms with Crippen molar-refractivity contribution in [1.82, 2.24) is 10.2 Å². The van der Waals surface area contributed by atoms with E-state index in [1.807, 2.05) is 13.8 Å². The average Bonchev–Trinajstić information content (AvgIpc) is 2.29. The van der Waals surface area contributed by atoms with Gasteiger partial charge >= 0.3 is 6.03 Å². The second-order valence-corrected chi connectivity index (χ2v) is 4.10. The van der Waals surface area contributed by atoms with Crippen molar-refractivity contribution in [2.45, 2.75) is 26.4 Å². The van der Waals surface area contributed by atoms with Crippen LogP contribution in [0.15, 0.2) is 0 Å². The van der Waals surface area contributed by atoms with E-state index in [9.17, 15) is 4.79 Å². The van der Waals surface area contributed by atoms with E-state index in [4.69, 9.17) is 9.47 Å². The SMILES string of the molecule is CC(C)OCCCNC(=O)N1CCOCC1. The van der Waals surface area contributed by atoms with Crippen LogP contribution in [0, 0.1) is 0 Å². The van der Waals surface area contributed by atoms with Crippen LogP contribution in [-0.4, -0.2) is 56.5 Å². The quantitative estimate of drug-likeness (QED) is 0.712. The van der Waals surface area contributed by atoms with Crippen molar-refractivity contribution in [3.8, 4) is 0 Å². The van der Waals surface area contributed by atoms with Crippen LogP contribution in [0.1, 0.15) is 20.3 Å². The fraction of sp³-hybridized carbons (Fsp3) is 0.909. The van der Waals surface area contributed by atoms with E-state index in [-0.39, 0.29) is 12.1 Å². The van der Waals surface area contributed by atoms with Gasteiger partial charge < -0.3 is 19.7 Å². The summed E-state index contributed by atoms with van der Waals surface area (Å²) >= 11 is 0. The van der Waals surface area contributed by atoms with E-state index in [0.717, 1.165) is 6.42 Å². The van der Waals surface area contributed by atoms with Crippen LogP contribution in [0.4, 0.5) is 4.79 Å². The Morgan fingerprint density at radius 3 is 2.75 bits per heavy atom. The minimum atomic E-state index is 0.00727. The zero-order valence-corrected chi connectivity index (χ0v) is 10.2. The molecule has 0 aromatic carbocycles. The van der Waals surface area contributed by atoms with Crippen molar-refractivity contribution in [2.24, 2.45) is 0 Å². The maximum atomic E-state index is 11.6. The highest BCUT2D eigenvalue weighted by Crippen LogP contribution is 1.97. The van der Waals surface area contributed by atoms with E-state index in [0.29, 0.717) is 39.5 Å². The van der Waals surface area contributed by atoms with Crippen LogP contribution < -0.4 is 5.32 Å². The third-order valence-corrected chi connectivity index (χ3v) is 2.35. The Morgan fingerprint density at radius 1 is 1.44 bits per heavy atom. The third kappa shape index (κ3) is 5.32. The van der Waals surface area contributed by atoms with E-state index in [2.05, 4.69) is 5.32 Å². The molecule has 2 amide bonds. The summed E-state index contributed by atoms with van der Waals surface area (Å²) in [5, 5.41) is 2.88. The van der Waals surface area contributed by atoms with Gasteiger partial charge in [0.05, 0.1) is 19.3 Å². The molecule has 1 rings (SSSR count). The molecule has 0 bridgehead atoms. The van der Waals surface area contributed by atoms with Gasteiger partial charge in [0.1, 0.15) is 0 Å². The molecule has 5 heteroatoms. The molecule has 1 fully saturated rings. The zero-order valence-electron chi connectivity index (χ0n) is 10.2. The number of amides is 2. The first kappa shape index (κ1) is 13.3. The Kier molecular flexibility index (Phi) is 6.18. The first-order chi connectivity index (χ1) is 7.70. The second-order valence-electron chi connectivity index (χ2n) is 4.10. The lowest BCUT2D eigenvalue weighted by atomic mass is 10.4. The minimum Gasteiger partial charge on any atom is -0.379 e. The molecule has 0 aromatic heterocycles. The Balaban J connectivity index is 2.01. The van der Waals surface area contributed by atoms with Crippen LogP contribution in [-0.2, 0) is 9.47 Å². The molecule has 0 aromatic rings. The summed E-state index contributed by atoms with van der Waals surface area (Å²) in [6.45, 7) is 8.04. The maximum Gasteiger partial charge on any atom is 0.317 e. The molecule has 5 nitrogen and oxygen atoms in total. The number of carbonyl (C=O) groups excluding carboxylic acids is 1. The molecule has 1 heterocycles. The largest absolute Gasteiger partial charge is 0.379 e. The molecule has 0 spiro atoms. The number of carbonyl (C=O) groups is 1. The van der Waals surface area contributed by atoms with Gasteiger partial charge in [0.15, 0.2) is 0 Å². The van der Waals surface area contributed by atoms with E-state index < -0.39 is 0 Å². The van der Waals surface area contributed by atoms with Crippen molar-refractivity contribution < 1.29 is 14.3 Å². The van der Waals surface area contributed by atoms with Crippen LogP contribution >= 0.6 is 0 Å². The van der Waals surface area contributed by atoms with Gasteiger partial charge in [-0.2, -0.15) is 0 Å². The first-order valence-electron chi connectivity index (χ1n) is 5.92. The van der Waals surface area contributed by atoms with Crippen molar-refractivity contribution in [1.29, 1.82) is 0 Å². The number of nitrogens with zero attached hydrogens (tertiary/aromatic N) is 1. The van der Waals surface area contributed by atoms with E-state index in [1.54, 1.807) is 4.90 Å². The number of hydrogen-bond acceptors (Lipinski definition) is 3. The minimum absolute atomic E-state index is 0.00727. The van der Waals surface area contributed by atoms with Crippen molar-refractivity contribution in [3.63, 3.8) is 0 Å². The third-order valence-electron chi connectivity index (χ3n) is 2.35. The molecular formula is C11H22N2O3. The highest BCUT2D eigenvalue weighted by atomic mass is 16.5. The molecule has 16 heavy (non-hydrogen) atoms. The number of urea groups is 1. The number of hydrogen-bond donors (Lipinski definition) is 1. The van der Waals surface area contributed by atoms with Gasteiger partial charge in [-0.3, -0.25) is 0 Å². The van der Waals surface area contributed by atoms with Crippen LogP contribution in [0.3, 0.4) is 0 Å². The fourth-order valence-electron chi connectivity index (χ4n) is 1.46. The molecule has 0 radical (unpaired) electrons. The van der Waals surface area contributed by atoms with Gasteiger partial charge in [0, 0.05) is 26.2 Å². The van der Waals surface area contributed by atoms with Gasteiger partial charge in [-0.15, -0.1) is 0 Å². The Bertz CT molecular complexity index is 203. The van der Waals surface area contributed by atoms with Crippen LogP contribution in [0.2, 0.25) is 0 Å². The number of morpholine rings is 1. The predicted molar refractivity (Wildman–Crippen MR) is 61.5 cm³/mol. The molecule has 1 aliphatic rings. The topological polar surface area (TPSA) is 50.8 Å². The van der Waals surface area contributed by atoms with Gasteiger partial charge in [-0.05, 0) is 20.3 Å². The summed E-state index contributed by atoms with van der Waals surface area (Å²) < 4.78 is 10.6. The monoisotopic (exact) mass is 230 g/mol. The summed E-state index contributed by atoms with van der Waals surface area (Å²) in [5.74, 6) is 0. The normalized spacial score (nSPS) is 16.6. The molecule has 0 unspecified atom stereocenters. The fourth-order valence-corrected chi connectivity index (χ4v) is 1.46. The summed E-state index contributed by atoms with van der Waals surface area (Å²) in [4.78, 5) is 13.4. The molecule has 0 saturated carbocycles. The standard InChI is InChI=1S/C11H22N2O3/c1-10(2)16-7-3-4-12-11(14)13-5-8-15-9-6-13/h10H,3-9H2,1-2H3,(H,12,14). The number of nitrogens with one attached hydrogen (secondary N) is 1. The molecule has 1 saturated heterocycles. The smallest absolute Gasteiger partial charge is 0.317 e. The van der Waals surface area contributed by atoms with Crippen molar-refractivity contribution in [3.05, 3.63) is 0 Å². The summed E-state index contributed by atoms with van der Waals surface area (Å²) in [5.41, 5.74) is 0. The Morgan fingerprint density at radius 2 is 2.12 bits per heavy atom. The molecule has 94 valence electrons. The number of ether oxygens (including phenoxy) is 2. The molecule has 0 atom stereocenters. The summed E-state index contributed by atoms with van der Waals surface area (Å²) in [6.07, 6.45) is 1.11. The van der Waals surface area contributed by atoms with E-state index >= 15 is 0 Å². The maximum absolute atomic E-state index is 11.6. The van der Waals surface area contributed by atoms with E-state index in [1.165, 1.54) is 0 Å². The lowest BCUT2D eigenvalue weighted by Gasteiger charge is -2.26. The lowest BCUT2D eigenvalue weighted by Crippen LogP contribution is -2.46. The molecule has 1 N–H and O–H groups in total. The summed E-state index contributed by atoms with van der Waals surface area (Å²) in [6, 6.07) is 0.00727. The highest BCUT2D eigenvalue weighted by Gasteiger charge is 2.15. The average molecular weight is 230 g/mol. The van der Waals surface area contributed by atoms with Gasteiger partial charge in [0.2, 0.25) is 0 Å². The van der Waals surface area contributed by atoms with Crippen LogP contribution in [0.25, 0.3) is 0 Å². The Labute approximate surface area is 97.1 Å². The van der Waals surface area contributed by atoms with Gasteiger partial charge in [0.25, 0.3) is 0 Å². The van der Waals surface area contributed by atoms with Crippen molar-refractivity contribution in [2.75, 3.05) is 39.5 Å².